The molecule has 2 aliphatic rings. The molecule has 2 aliphatic heterocycles. The molecule has 9 nitrogen and oxygen atoms in total. The first-order chi connectivity index (χ1) is 16.1. The van der Waals surface area contributed by atoms with Crippen LogP contribution in [0, 0.1) is 0 Å². The van der Waals surface area contributed by atoms with E-state index >= 15 is 0 Å². The molecule has 0 unspecified atom stereocenters. The molecular formula is C20H30F6N4O5. The first-order valence-corrected chi connectivity index (χ1v) is 10.6. The zero-order valence-electron chi connectivity index (χ0n) is 19.4. The van der Waals surface area contributed by atoms with Gasteiger partial charge in [-0.05, 0) is 32.2 Å². The van der Waals surface area contributed by atoms with Crippen molar-refractivity contribution in [3.63, 3.8) is 0 Å². The average Bonchev–Trinajstić information content (AvgIpc) is 3.33. The lowest BCUT2D eigenvalue weighted by molar-refractivity contribution is -0.193. The van der Waals surface area contributed by atoms with Gasteiger partial charge < -0.3 is 19.5 Å². The molecule has 202 valence electrons. The van der Waals surface area contributed by atoms with Gasteiger partial charge in [0.15, 0.2) is 0 Å². The van der Waals surface area contributed by atoms with Crippen molar-refractivity contribution in [1.29, 1.82) is 0 Å². The Morgan fingerprint density at radius 2 is 1.54 bits per heavy atom. The zero-order valence-corrected chi connectivity index (χ0v) is 19.4. The third kappa shape index (κ3) is 10.0. The van der Waals surface area contributed by atoms with Gasteiger partial charge in [-0.25, -0.2) is 14.6 Å². The monoisotopic (exact) mass is 520 g/mol. The van der Waals surface area contributed by atoms with Crippen molar-refractivity contribution in [3.8, 4) is 0 Å². The van der Waals surface area contributed by atoms with Gasteiger partial charge in [-0.1, -0.05) is 0 Å². The largest absolute Gasteiger partial charge is 0.490 e. The van der Waals surface area contributed by atoms with Crippen molar-refractivity contribution in [2.24, 2.45) is 7.05 Å². The normalized spacial score (nSPS) is 18.4. The van der Waals surface area contributed by atoms with Crippen molar-refractivity contribution in [2.75, 3.05) is 39.9 Å². The molecule has 0 saturated carbocycles. The molecule has 0 aliphatic carbocycles. The van der Waals surface area contributed by atoms with E-state index in [0.717, 1.165) is 19.7 Å². The number of likely N-dealkylation sites (tertiary alicyclic amines) is 2. The summed E-state index contributed by atoms with van der Waals surface area (Å²) in [5.74, 6) is -5.51. The maximum atomic E-state index is 10.6. The molecule has 1 spiro atoms. The van der Waals surface area contributed by atoms with Crippen LogP contribution in [0.25, 0.3) is 0 Å². The number of piperidine rings is 1. The summed E-state index contributed by atoms with van der Waals surface area (Å²) in [6.07, 6.45) is -0.958. The van der Waals surface area contributed by atoms with Crippen molar-refractivity contribution in [2.45, 2.75) is 50.1 Å². The minimum Gasteiger partial charge on any atom is -0.475 e. The lowest BCUT2D eigenvalue weighted by Crippen LogP contribution is -2.52. The molecule has 2 saturated heterocycles. The third-order valence-electron chi connectivity index (χ3n) is 5.88. The topological polar surface area (TPSA) is 108 Å². The fourth-order valence-electron chi connectivity index (χ4n) is 4.00. The minimum absolute atomic E-state index is 0.460. The number of halogens is 6. The highest BCUT2D eigenvalue weighted by atomic mass is 19.4. The van der Waals surface area contributed by atoms with Crippen LogP contribution in [0.1, 0.15) is 31.4 Å². The van der Waals surface area contributed by atoms with Crippen molar-refractivity contribution in [1.82, 2.24) is 19.4 Å². The Labute approximate surface area is 198 Å². The van der Waals surface area contributed by atoms with Crippen molar-refractivity contribution in [3.05, 3.63) is 18.2 Å². The van der Waals surface area contributed by atoms with Crippen LogP contribution in [0.2, 0.25) is 0 Å². The highest BCUT2D eigenvalue weighted by Gasteiger charge is 2.42. The summed E-state index contributed by atoms with van der Waals surface area (Å²) in [6, 6.07) is 0. The molecule has 15 heteroatoms. The minimum atomic E-state index is -5.08. The second-order valence-corrected chi connectivity index (χ2v) is 8.19. The van der Waals surface area contributed by atoms with Gasteiger partial charge >= 0.3 is 24.3 Å². The fraction of sp³-hybridized carbons (Fsp3) is 0.750. The molecule has 0 aromatic carbocycles. The number of imidazole rings is 1. The van der Waals surface area contributed by atoms with E-state index in [1.54, 1.807) is 7.11 Å². The van der Waals surface area contributed by atoms with Crippen LogP contribution in [0.5, 0.6) is 0 Å². The Morgan fingerprint density at radius 1 is 1.03 bits per heavy atom. The Hall–Kier alpha value is -2.39. The van der Waals surface area contributed by atoms with Gasteiger partial charge in [0.05, 0.1) is 18.6 Å². The zero-order chi connectivity index (χ0) is 26.9. The van der Waals surface area contributed by atoms with Gasteiger partial charge in [0.25, 0.3) is 0 Å². The Kier molecular flexibility index (Phi) is 11.4. The number of ether oxygens (including phenoxy) is 1. The molecular weight excluding hydrogens is 490 g/mol. The summed E-state index contributed by atoms with van der Waals surface area (Å²) >= 11 is 0. The Bertz CT molecular complexity index is 783. The summed E-state index contributed by atoms with van der Waals surface area (Å²) in [7, 11) is 3.89. The number of carboxylic acids is 2. The number of methoxy groups -OCH3 is 1. The van der Waals surface area contributed by atoms with Crippen LogP contribution in [0.15, 0.2) is 12.5 Å². The number of carbonyl (C=O) groups is 2. The molecule has 0 amide bonds. The van der Waals surface area contributed by atoms with Crippen LogP contribution in [0.4, 0.5) is 26.3 Å². The van der Waals surface area contributed by atoms with E-state index in [0.29, 0.717) is 5.54 Å². The van der Waals surface area contributed by atoms with Crippen molar-refractivity contribution < 1.29 is 50.9 Å². The van der Waals surface area contributed by atoms with E-state index in [-0.39, 0.29) is 0 Å². The maximum absolute atomic E-state index is 10.6. The van der Waals surface area contributed by atoms with Crippen LogP contribution >= 0.6 is 0 Å². The summed E-state index contributed by atoms with van der Waals surface area (Å²) in [6.45, 7) is 6.65. The molecule has 2 N–H and O–H groups in total. The van der Waals surface area contributed by atoms with Crippen LogP contribution in [-0.2, 0) is 27.9 Å². The van der Waals surface area contributed by atoms with Gasteiger partial charge in [-0.2, -0.15) is 26.3 Å². The molecule has 0 atom stereocenters. The Morgan fingerprint density at radius 3 is 1.94 bits per heavy atom. The number of hydrogen-bond donors (Lipinski definition) is 2. The molecule has 0 radical (unpaired) electrons. The third-order valence-corrected chi connectivity index (χ3v) is 5.88. The SMILES string of the molecule is COCCN1CCCC12CCN(Cc1cncn1C)CC2.O=C(O)C(F)(F)F.O=C(O)C(F)(F)F. The van der Waals surface area contributed by atoms with E-state index in [1.807, 2.05) is 12.5 Å². The summed E-state index contributed by atoms with van der Waals surface area (Å²) in [4.78, 5) is 27.3. The van der Waals surface area contributed by atoms with Crippen LogP contribution in [-0.4, -0.2) is 99.3 Å². The quantitative estimate of drug-likeness (QED) is 0.571. The second-order valence-electron chi connectivity index (χ2n) is 8.19. The Balaban J connectivity index is 0.000000362. The predicted molar refractivity (Wildman–Crippen MR) is 111 cm³/mol. The predicted octanol–water partition coefficient (Wildman–Crippen LogP) is 2.76. The van der Waals surface area contributed by atoms with Gasteiger partial charge in [0.2, 0.25) is 0 Å². The number of alkyl halides is 6. The smallest absolute Gasteiger partial charge is 0.475 e. The lowest BCUT2D eigenvalue weighted by Gasteiger charge is -2.45. The number of aryl methyl sites for hydroxylation is 1. The standard InChI is InChI=1S/C16H28N4O.2C2HF3O2/c1-18-14-17-12-15(18)13-19-8-5-16(6-9-19)4-3-7-20(16)10-11-21-2;2*3-2(4,5)1(6)7/h12,14H,3-11,13H2,1-2H3;2*(H,6,7). The van der Waals surface area contributed by atoms with E-state index in [1.165, 1.54) is 51.0 Å². The first kappa shape index (κ1) is 30.6. The molecule has 3 heterocycles. The molecule has 2 fully saturated rings. The molecule has 1 aromatic heterocycles. The average molecular weight is 520 g/mol. The molecule has 3 rings (SSSR count). The molecule has 0 bridgehead atoms. The highest BCUT2D eigenvalue weighted by molar-refractivity contribution is 5.73. The summed E-state index contributed by atoms with van der Waals surface area (Å²) in [5.41, 5.74) is 1.77. The molecule has 35 heavy (non-hydrogen) atoms. The number of carboxylic acid groups (broad SMARTS) is 2. The highest BCUT2D eigenvalue weighted by Crippen LogP contribution is 2.38. The van der Waals surface area contributed by atoms with E-state index < -0.39 is 24.3 Å². The van der Waals surface area contributed by atoms with E-state index in [9.17, 15) is 26.3 Å². The van der Waals surface area contributed by atoms with Crippen LogP contribution in [0.3, 0.4) is 0 Å². The number of hydrogen-bond acceptors (Lipinski definition) is 6. The second kappa shape index (κ2) is 13.1. The number of aromatic nitrogens is 2. The lowest BCUT2D eigenvalue weighted by atomic mass is 9.85. The summed E-state index contributed by atoms with van der Waals surface area (Å²) in [5, 5.41) is 14.2. The van der Waals surface area contributed by atoms with Gasteiger partial charge in [-0.15, -0.1) is 0 Å². The van der Waals surface area contributed by atoms with Crippen molar-refractivity contribution >= 4 is 11.9 Å². The number of rotatable bonds is 5. The number of nitrogens with zero attached hydrogens (tertiary/aromatic N) is 4. The van der Waals surface area contributed by atoms with Gasteiger partial charge in [0, 0.05) is 52.1 Å². The van der Waals surface area contributed by atoms with Crippen LogP contribution < -0.4 is 0 Å². The number of aliphatic carboxylic acids is 2. The van der Waals surface area contributed by atoms with Gasteiger partial charge in [-0.3, -0.25) is 9.80 Å². The first-order valence-electron chi connectivity index (χ1n) is 10.6. The fourth-order valence-corrected chi connectivity index (χ4v) is 4.00. The molecule has 1 aromatic rings. The maximum Gasteiger partial charge on any atom is 0.490 e. The summed E-state index contributed by atoms with van der Waals surface area (Å²) < 4.78 is 70.9. The van der Waals surface area contributed by atoms with Gasteiger partial charge in [0.1, 0.15) is 0 Å². The van der Waals surface area contributed by atoms with E-state index in [4.69, 9.17) is 24.5 Å². The van der Waals surface area contributed by atoms with E-state index in [2.05, 4.69) is 26.4 Å².